The first kappa shape index (κ1) is 12.2. The minimum absolute atomic E-state index is 0.0745. The molecule has 1 aromatic rings. The number of hydrogen-bond acceptors (Lipinski definition) is 3. The number of rotatable bonds is 3. The predicted octanol–water partition coefficient (Wildman–Crippen LogP) is 2.87. The van der Waals surface area contributed by atoms with Crippen molar-refractivity contribution in [3.05, 3.63) is 28.2 Å². The van der Waals surface area contributed by atoms with Crippen molar-refractivity contribution in [2.24, 2.45) is 10.9 Å². The van der Waals surface area contributed by atoms with Crippen molar-refractivity contribution in [3.63, 3.8) is 0 Å². The van der Waals surface area contributed by atoms with Gasteiger partial charge in [0.25, 0.3) is 0 Å². The molecule has 0 atom stereocenters. The summed E-state index contributed by atoms with van der Waals surface area (Å²) in [5.41, 5.74) is 6.25. The topological polar surface area (TPSA) is 67.8 Å². The second kappa shape index (κ2) is 5.40. The summed E-state index contributed by atoms with van der Waals surface area (Å²) in [5, 5.41) is 11.8. The van der Waals surface area contributed by atoms with E-state index in [4.69, 9.17) is 15.7 Å². The van der Waals surface area contributed by atoms with Crippen molar-refractivity contribution < 1.29 is 9.94 Å². The monoisotopic (exact) mass is 298 g/mol. The maximum Gasteiger partial charge on any atom is 0.173 e. The Bertz CT molecular complexity index is 429. The minimum Gasteiger partial charge on any atom is -0.490 e. The van der Waals surface area contributed by atoms with Crippen LogP contribution in [0.15, 0.2) is 27.8 Å². The van der Waals surface area contributed by atoms with Crippen molar-refractivity contribution in [3.8, 4) is 5.75 Å². The maximum atomic E-state index is 8.74. The molecule has 1 aromatic carbocycles. The Morgan fingerprint density at radius 3 is 2.76 bits per heavy atom. The summed E-state index contributed by atoms with van der Waals surface area (Å²) in [5.74, 6) is 0.743. The maximum absolute atomic E-state index is 8.74. The van der Waals surface area contributed by atoms with E-state index in [1.165, 1.54) is 12.8 Å². The van der Waals surface area contributed by atoms with E-state index >= 15 is 0 Å². The molecular formula is C12H15BrN2O2. The first-order valence-electron chi connectivity index (χ1n) is 5.65. The Morgan fingerprint density at radius 2 is 2.12 bits per heavy atom. The van der Waals surface area contributed by atoms with Gasteiger partial charge in [-0.1, -0.05) is 21.1 Å². The zero-order valence-corrected chi connectivity index (χ0v) is 11.0. The molecular weight excluding hydrogens is 284 g/mol. The highest BCUT2D eigenvalue weighted by atomic mass is 79.9. The van der Waals surface area contributed by atoms with Crippen LogP contribution in [-0.4, -0.2) is 17.1 Å². The van der Waals surface area contributed by atoms with Gasteiger partial charge in [0.1, 0.15) is 5.75 Å². The number of ether oxygens (including phenoxy) is 1. The predicted molar refractivity (Wildman–Crippen MR) is 69.5 cm³/mol. The fraction of sp³-hybridized carbons (Fsp3) is 0.417. The van der Waals surface area contributed by atoms with E-state index in [2.05, 4.69) is 21.1 Å². The summed E-state index contributed by atoms with van der Waals surface area (Å²) >= 11 is 3.39. The molecule has 92 valence electrons. The summed E-state index contributed by atoms with van der Waals surface area (Å²) in [7, 11) is 0. The average molecular weight is 299 g/mol. The first-order valence-corrected chi connectivity index (χ1v) is 6.44. The minimum atomic E-state index is 0.0745. The van der Waals surface area contributed by atoms with Gasteiger partial charge >= 0.3 is 0 Å². The quantitative estimate of drug-likeness (QED) is 0.390. The molecule has 0 unspecified atom stereocenters. The van der Waals surface area contributed by atoms with Gasteiger partial charge in [0.15, 0.2) is 5.84 Å². The summed E-state index contributed by atoms with van der Waals surface area (Å²) in [6.07, 6.45) is 4.80. The van der Waals surface area contributed by atoms with Crippen molar-refractivity contribution in [2.45, 2.75) is 31.8 Å². The van der Waals surface area contributed by atoms with Gasteiger partial charge in [0.2, 0.25) is 0 Å². The Balaban J connectivity index is 2.26. The molecule has 17 heavy (non-hydrogen) atoms. The standard InChI is InChI=1S/C12H15BrN2O2/c13-8-5-6-10(12(14)15-16)11(7-8)17-9-3-1-2-4-9/h5-7,9,16H,1-4H2,(H2,14,15). The number of amidine groups is 1. The van der Waals surface area contributed by atoms with Crippen LogP contribution in [0.25, 0.3) is 0 Å². The van der Waals surface area contributed by atoms with Crippen molar-refractivity contribution >= 4 is 21.8 Å². The van der Waals surface area contributed by atoms with Crippen LogP contribution in [0.5, 0.6) is 5.75 Å². The van der Waals surface area contributed by atoms with Crippen LogP contribution < -0.4 is 10.5 Å². The SMILES string of the molecule is N/C(=N/O)c1ccc(Br)cc1OC1CCCC1. The van der Waals surface area contributed by atoms with E-state index in [0.29, 0.717) is 11.3 Å². The molecule has 3 N–H and O–H groups in total. The van der Waals surface area contributed by atoms with Crippen LogP contribution in [-0.2, 0) is 0 Å². The Kier molecular flexibility index (Phi) is 3.89. The summed E-state index contributed by atoms with van der Waals surface area (Å²) in [6.45, 7) is 0. The molecule has 0 radical (unpaired) electrons. The van der Waals surface area contributed by atoms with Gasteiger partial charge in [-0.05, 0) is 43.9 Å². The average Bonchev–Trinajstić information content (AvgIpc) is 2.81. The molecule has 1 saturated carbocycles. The lowest BCUT2D eigenvalue weighted by Crippen LogP contribution is -2.18. The lowest BCUT2D eigenvalue weighted by atomic mass is 10.2. The molecule has 1 aliphatic rings. The summed E-state index contributed by atoms with van der Waals surface area (Å²) < 4.78 is 6.82. The van der Waals surface area contributed by atoms with E-state index in [9.17, 15) is 0 Å². The van der Waals surface area contributed by atoms with Gasteiger partial charge in [0, 0.05) is 4.47 Å². The molecule has 0 bridgehead atoms. The third-order valence-electron chi connectivity index (χ3n) is 2.92. The van der Waals surface area contributed by atoms with Gasteiger partial charge in [-0.2, -0.15) is 0 Å². The van der Waals surface area contributed by atoms with Crippen LogP contribution in [0.1, 0.15) is 31.2 Å². The van der Waals surface area contributed by atoms with Gasteiger partial charge in [-0.25, -0.2) is 0 Å². The summed E-state index contributed by atoms with van der Waals surface area (Å²) in [4.78, 5) is 0. The van der Waals surface area contributed by atoms with Crippen molar-refractivity contribution in [1.29, 1.82) is 0 Å². The lowest BCUT2D eigenvalue weighted by Gasteiger charge is -2.16. The summed E-state index contributed by atoms with van der Waals surface area (Å²) in [6, 6.07) is 5.48. The van der Waals surface area contributed by atoms with Crippen molar-refractivity contribution in [2.75, 3.05) is 0 Å². The molecule has 2 rings (SSSR count). The van der Waals surface area contributed by atoms with Gasteiger partial charge < -0.3 is 15.7 Å². The van der Waals surface area contributed by atoms with Crippen molar-refractivity contribution in [1.82, 2.24) is 0 Å². The molecule has 0 aliphatic heterocycles. The van der Waals surface area contributed by atoms with Crippen LogP contribution in [0.3, 0.4) is 0 Å². The number of halogens is 1. The van der Waals surface area contributed by atoms with Gasteiger partial charge in [-0.15, -0.1) is 0 Å². The molecule has 5 heteroatoms. The molecule has 1 aliphatic carbocycles. The molecule has 1 fully saturated rings. The van der Waals surface area contributed by atoms with Crippen LogP contribution >= 0.6 is 15.9 Å². The number of benzene rings is 1. The third-order valence-corrected chi connectivity index (χ3v) is 3.42. The van der Waals surface area contributed by atoms with E-state index in [-0.39, 0.29) is 11.9 Å². The number of nitrogens with zero attached hydrogens (tertiary/aromatic N) is 1. The Labute approximate surface area is 109 Å². The van der Waals surface area contributed by atoms with E-state index < -0.39 is 0 Å². The molecule has 0 amide bonds. The number of hydrogen-bond donors (Lipinski definition) is 2. The van der Waals surface area contributed by atoms with E-state index in [1.807, 2.05) is 12.1 Å². The smallest absolute Gasteiger partial charge is 0.173 e. The highest BCUT2D eigenvalue weighted by Crippen LogP contribution is 2.29. The van der Waals surface area contributed by atoms with Crippen LogP contribution in [0.4, 0.5) is 0 Å². The zero-order chi connectivity index (χ0) is 12.3. The molecule has 4 nitrogen and oxygen atoms in total. The first-order chi connectivity index (χ1) is 8.20. The Hall–Kier alpha value is -1.23. The molecule has 0 saturated heterocycles. The van der Waals surface area contributed by atoms with Gasteiger partial charge in [0.05, 0.1) is 11.7 Å². The normalized spacial score (nSPS) is 17.4. The highest BCUT2D eigenvalue weighted by molar-refractivity contribution is 9.10. The van der Waals surface area contributed by atoms with E-state index in [1.54, 1.807) is 6.07 Å². The highest BCUT2D eigenvalue weighted by Gasteiger charge is 2.19. The Morgan fingerprint density at radius 1 is 1.41 bits per heavy atom. The third kappa shape index (κ3) is 2.91. The van der Waals surface area contributed by atoms with Crippen LogP contribution in [0, 0.1) is 0 Å². The van der Waals surface area contributed by atoms with Gasteiger partial charge in [-0.3, -0.25) is 0 Å². The fourth-order valence-electron chi connectivity index (χ4n) is 2.04. The van der Waals surface area contributed by atoms with Crippen LogP contribution in [0.2, 0.25) is 0 Å². The number of oxime groups is 1. The van der Waals surface area contributed by atoms with E-state index in [0.717, 1.165) is 17.3 Å². The second-order valence-corrected chi connectivity index (χ2v) is 5.07. The second-order valence-electron chi connectivity index (χ2n) is 4.15. The molecule has 0 heterocycles. The molecule has 0 aromatic heterocycles. The lowest BCUT2D eigenvalue weighted by molar-refractivity contribution is 0.209. The zero-order valence-electron chi connectivity index (χ0n) is 9.40. The largest absolute Gasteiger partial charge is 0.490 e. The number of nitrogens with two attached hydrogens (primary N) is 1. The fourth-order valence-corrected chi connectivity index (χ4v) is 2.38. The molecule has 0 spiro atoms.